The van der Waals surface area contributed by atoms with Gasteiger partial charge in [0.2, 0.25) is 0 Å². The molecule has 18 heavy (non-hydrogen) atoms. The Morgan fingerprint density at radius 3 is 2.50 bits per heavy atom. The van der Waals surface area contributed by atoms with Crippen molar-refractivity contribution >= 4 is 17.4 Å². The van der Waals surface area contributed by atoms with Gasteiger partial charge in [-0.1, -0.05) is 23.7 Å². The second-order valence-corrected chi connectivity index (χ2v) is 4.99. The number of nitrogens with one attached hydrogen (secondary N) is 1. The van der Waals surface area contributed by atoms with E-state index in [0.29, 0.717) is 18.1 Å². The second kappa shape index (κ2) is 7.52. The largest absolute Gasteiger partial charge is 0.392 e. The first-order chi connectivity index (χ1) is 8.50. The van der Waals surface area contributed by atoms with Gasteiger partial charge >= 0.3 is 0 Å². The van der Waals surface area contributed by atoms with E-state index in [9.17, 15) is 4.79 Å². The van der Waals surface area contributed by atoms with Crippen LogP contribution < -0.4 is 5.32 Å². The topological polar surface area (TPSA) is 49.3 Å². The summed E-state index contributed by atoms with van der Waals surface area (Å²) in [5, 5.41) is 12.9. The zero-order chi connectivity index (χ0) is 13.5. The molecule has 1 rings (SSSR count). The van der Waals surface area contributed by atoms with Crippen molar-refractivity contribution in [3.05, 3.63) is 34.9 Å². The number of benzene rings is 1. The zero-order valence-corrected chi connectivity index (χ0v) is 11.6. The van der Waals surface area contributed by atoms with E-state index in [2.05, 4.69) is 5.32 Å². The van der Waals surface area contributed by atoms with Crippen molar-refractivity contribution in [1.82, 2.24) is 5.32 Å². The Hall–Kier alpha value is -0.900. The van der Waals surface area contributed by atoms with Crippen molar-refractivity contribution in [2.75, 3.05) is 13.1 Å². The SMILES string of the molecule is CC(=O)C(CCNCC(C)O)c1ccc(Cl)cc1. The summed E-state index contributed by atoms with van der Waals surface area (Å²) < 4.78 is 0. The predicted molar refractivity (Wildman–Crippen MR) is 74.0 cm³/mol. The molecule has 0 amide bonds. The summed E-state index contributed by atoms with van der Waals surface area (Å²) in [6.07, 6.45) is 0.361. The molecule has 0 aliphatic carbocycles. The molecular weight excluding hydrogens is 250 g/mol. The molecule has 0 bridgehead atoms. The van der Waals surface area contributed by atoms with Crippen LogP contribution in [0.4, 0.5) is 0 Å². The van der Waals surface area contributed by atoms with Gasteiger partial charge in [-0.3, -0.25) is 4.79 Å². The number of rotatable bonds is 7. The molecule has 2 unspecified atom stereocenters. The van der Waals surface area contributed by atoms with Gasteiger partial charge in [0.05, 0.1) is 6.10 Å². The van der Waals surface area contributed by atoms with Crippen LogP contribution in [0, 0.1) is 0 Å². The molecule has 1 aromatic carbocycles. The summed E-state index contributed by atoms with van der Waals surface area (Å²) in [5.41, 5.74) is 0.991. The van der Waals surface area contributed by atoms with E-state index in [1.807, 2.05) is 12.1 Å². The van der Waals surface area contributed by atoms with E-state index in [0.717, 1.165) is 12.0 Å². The Balaban J connectivity index is 2.55. The number of hydrogen-bond donors (Lipinski definition) is 2. The Morgan fingerprint density at radius 2 is 2.00 bits per heavy atom. The number of ketones is 1. The van der Waals surface area contributed by atoms with Crippen LogP contribution in [0.3, 0.4) is 0 Å². The lowest BCUT2D eigenvalue weighted by Crippen LogP contribution is -2.27. The Bertz CT molecular complexity index is 376. The van der Waals surface area contributed by atoms with Gasteiger partial charge in [0.15, 0.2) is 0 Å². The third-order valence-corrected chi connectivity index (χ3v) is 3.06. The first-order valence-electron chi connectivity index (χ1n) is 6.15. The molecule has 0 radical (unpaired) electrons. The summed E-state index contributed by atoms with van der Waals surface area (Å²) >= 11 is 5.83. The minimum atomic E-state index is -0.365. The highest BCUT2D eigenvalue weighted by Gasteiger charge is 2.16. The Labute approximate surface area is 113 Å². The fraction of sp³-hybridized carbons (Fsp3) is 0.500. The van der Waals surface area contributed by atoms with Gasteiger partial charge in [0.1, 0.15) is 5.78 Å². The van der Waals surface area contributed by atoms with Crippen molar-refractivity contribution < 1.29 is 9.90 Å². The standard InChI is InChI=1S/C14H20ClNO2/c1-10(17)9-16-8-7-14(11(2)18)12-3-5-13(15)6-4-12/h3-6,10,14,16-17H,7-9H2,1-2H3. The van der Waals surface area contributed by atoms with E-state index < -0.39 is 0 Å². The molecule has 0 aromatic heterocycles. The summed E-state index contributed by atoms with van der Waals surface area (Å²) in [6.45, 7) is 4.59. The third kappa shape index (κ3) is 5.17. The van der Waals surface area contributed by atoms with Crippen molar-refractivity contribution in [3.8, 4) is 0 Å². The number of carbonyl (C=O) groups is 1. The average Bonchev–Trinajstić information content (AvgIpc) is 2.30. The summed E-state index contributed by atoms with van der Waals surface area (Å²) in [5.74, 6) is 0.0416. The molecular formula is C14H20ClNO2. The lowest BCUT2D eigenvalue weighted by atomic mass is 9.92. The highest BCUT2D eigenvalue weighted by molar-refractivity contribution is 6.30. The number of halogens is 1. The quantitative estimate of drug-likeness (QED) is 0.747. The van der Waals surface area contributed by atoms with E-state index >= 15 is 0 Å². The molecule has 0 saturated carbocycles. The molecule has 3 nitrogen and oxygen atoms in total. The van der Waals surface area contributed by atoms with Gasteiger partial charge in [0.25, 0.3) is 0 Å². The van der Waals surface area contributed by atoms with Crippen molar-refractivity contribution in [2.45, 2.75) is 32.3 Å². The van der Waals surface area contributed by atoms with Crippen LogP contribution in [-0.4, -0.2) is 30.1 Å². The van der Waals surface area contributed by atoms with Crippen molar-refractivity contribution in [1.29, 1.82) is 0 Å². The number of Topliss-reactive ketones (excluding diaryl/α,β-unsaturated/α-hetero) is 1. The molecule has 0 heterocycles. The van der Waals surface area contributed by atoms with Gasteiger partial charge in [-0.25, -0.2) is 0 Å². The third-order valence-electron chi connectivity index (χ3n) is 2.81. The normalized spacial score (nSPS) is 14.2. The van der Waals surface area contributed by atoms with E-state index in [-0.39, 0.29) is 17.8 Å². The highest BCUT2D eigenvalue weighted by Crippen LogP contribution is 2.22. The van der Waals surface area contributed by atoms with Gasteiger partial charge < -0.3 is 10.4 Å². The van der Waals surface area contributed by atoms with E-state index in [1.165, 1.54) is 0 Å². The van der Waals surface area contributed by atoms with Crippen LogP contribution in [-0.2, 0) is 4.79 Å². The summed E-state index contributed by atoms with van der Waals surface area (Å²) in [7, 11) is 0. The molecule has 0 fully saturated rings. The molecule has 2 atom stereocenters. The maximum Gasteiger partial charge on any atom is 0.137 e. The molecule has 0 saturated heterocycles. The van der Waals surface area contributed by atoms with Crippen LogP contribution in [0.2, 0.25) is 5.02 Å². The smallest absolute Gasteiger partial charge is 0.137 e. The minimum Gasteiger partial charge on any atom is -0.392 e. The van der Waals surface area contributed by atoms with E-state index in [1.54, 1.807) is 26.0 Å². The number of carbonyl (C=O) groups excluding carboxylic acids is 1. The molecule has 2 N–H and O–H groups in total. The summed E-state index contributed by atoms with van der Waals surface area (Å²) in [4.78, 5) is 11.6. The Kier molecular flexibility index (Phi) is 6.33. The van der Waals surface area contributed by atoms with Crippen molar-refractivity contribution in [3.63, 3.8) is 0 Å². The number of aliphatic hydroxyl groups excluding tert-OH is 1. The van der Waals surface area contributed by atoms with Gasteiger partial charge in [0, 0.05) is 17.5 Å². The van der Waals surface area contributed by atoms with Crippen LogP contribution in [0.5, 0.6) is 0 Å². The predicted octanol–water partition coefficient (Wildman–Crippen LogP) is 2.37. The van der Waals surface area contributed by atoms with Gasteiger partial charge in [-0.15, -0.1) is 0 Å². The highest BCUT2D eigenvalue weighted by atomic mass is 35.5. The molecule has 4 heteroatoms. The van der Waals surface area contributed by atoms with E-state index in [4.69, 9.17) is 16.7 Å². The Morgan fingerprint density at radius 1 is 1.39 bits per heavy atom. The molecule has 100 valence electrons. The maximum absolute atomic E-state index is 11.6. The number of aliphatic hydroxyl groups is 1. The fourth-order valence-electron chi connectivity index (χ4n) is 1.86. The zero-order valence-electron chi connectivity index (χ0n) is 10.8. The molecule has 1 aromatic rings. The lowest BCUT2D eigenvalue weighted by molar-refractivity contribution is -0.118. The van der Waals surface area contributed by atoms with Crippen LogP contribution >= 0.6 is 11.6 Å². The molecule has 0 aliphatic heterocycles. The average molecular weight is 270 g/mol. The molecule has 0 spiro atoms. The van der Waals surface area contributed by atoms with Crippen LogP contribution in [0.1, 0.15) is 31.7 Å². The monoisotopic (exact) mass is 269 g/mol. The minimum absolute atomic E-state index is 0.108. The van der Waals surface area contributed by atoms with Crippen LogP contribution in [0.15, 0.2) is 24.3 Å². The first-order valence-corrected chi connectivity index (χ1v) is 6.53. The van der Waals surface area contributed by atoms with Crippen molar-refractivity contribution in [2.24, 2.45) is 0 Å². The second-order valence-electron chi connectivity index (χ2n) is 4.56. The van der Waals surface area contributed by atoms with Gasteiger partial charge in [-0.2, -0.15) is 0 Å². The fourth-order valence-corrected chi connectivity index (χ4v) is 1.98. The summed E-state index contributed by atoms with van der Waals surface area (Å²) in [6, 6.07) is 7.39. The van der Waals surface area contributed by atoms with Crippen LogP contribution in [0.25, 0.3) is 0 Å². The number of hydrogen-bond acceptors (Lipinski definition) is 3. The lowest BCUT2D eigenvalue weighted by Gasteiger charge is -2.15. The molecule has 0 aliphatic rings. The van der Waals surface area contributed by atoms with Gasteiger partial charge in [-0.05, 0) is 44.5 Å². The first kappa shape index (κ1) is 15.2. The maximum atomic E-state index is 11.6.